The highest BCUT2D eigenvalue weighted by atomic mass is 19.2. The molecule has 9 nitrogen and oxygen atoms in total. The maximum atomic E-state index is 13.8. The molecule has 2 aliphatic heterocycles. The lowest BCUT2D eigenvalue weighted by molar-refractivity contribution is -0.337. The average molecular weight is 541 g/mol. The molecule has 2 N–H and O–H groups in total. The van der Waals surface area contributed by atoms with Crippen molar-refractivity contribution >= 4 is 5.97 Å². The van der Waals surface area contributed by atoms with Gasteiger partial charge in [-0.05, 0) is 30.7 Å². The van der Waals surface area contributed by atoms with Crippen LogP contribution in [0.1, 0.15) is 29.2 Å². The summed E-state index contributed by atoms with van der Waals surface area (Å²) < 4.78 is 86.7. The standard InChI is InChI=1S/C24H20F5N3O6/c25-13-4-12(5-14(26)8-13)23(35)37-22-20(21(34)18(10-33)38-24(22)2-1-3-36-24)32-9-17(30-31-32)11-6-15(27)19(29)16(28)7-11/h4-9,18,20-22,33-34H,1-3,10H2/t18-,20+,21+,22-,24+/m1/s1. The Balaban J connectivity index is 1.56. The predicted molar refractivity (Wildman–Crippen MR) is 116 cm³/mol. The molecule has 0 bridgehead atoms. The van der Waals surface area contributed by atoms with Gasteiger partial charge in [-0.2, -0.15) is 0 Å². The molecule has 5 rings (SSSR count). The van der Waals surface area contributed by atoms with Gasteiger partial charge in [0, 0.05) is 18.1 Å². The Bertz CT molecular complexity index is 1320. The molecule has 202 valence electrons. The lowest BCUT2D eigenvalue weighted by Crippen LogP contribution is -2.63. The molecular weight excluding hydrogens is 521 g/mol. The number of rotatable bonds is 5. The molecule has 0 radical (unpaired) electrons. The van der Waals surface area contributed by atoms with Crippen molar-refractivity contribution in [2.75, 3.05) is 13.2 Å². The Labute approximate surface area is 211 Å². The third-order valence-electron chi connectivity index (χ3n) is 6.45. The summed E-state index contributed by atoms with van der Waals surface area (Å²) in [5.74, 6) is -9.51. The first-order chi connectivity index (χ1) is 18.1. The number of hydrogen-bond acceptors (Lipinski definition) is 8. The number of halogens is 5. The summed E-state index contributed by atoms with van der Waals surface area (Å²) in [6, 6.07) is 2.12. The molecule has 2 saturated heterocycles. The van der Waals surface area contributed by atoms with Gasteiger partial charge in [-0.1, -0.05) is 5.21 Å². The van der Waals surface area contributed by atoms with Crippen LogP contribution in [0.4, 0.5) is 22.0 Å². The highest BCUT2D eigenvalue weighted by Gasteiger charge is 2.60. The van der Waals surface area contributed by atoms with Gasteiger partial charge < -0.3 is 24.4 Å². The summed E-state index contributed by atoms with van der Waals surface area (Å²) in [7, 11) is 0. The van der Waals surface area contributed by atoms with Crippen molar-refractivity contribution in [3.05, 3.63) is 71.2 Å². The average Bonchev–Trinajstić information content (AvgIpc) is 3.54. The van der Waals surface area contributed by atoms with E-state index in [9.17, 15) is 37.0 Å². The number of ether oxygens (including phenoxy) is 3. The Morgan fingerprint density at radius 3 is 2.39 bits per heavy atom. The first kappa shape index (κ1) is 26.2. The van der Waals surface area contributed by atoms with Crippen molar-refractivity contribution < 1.29 is 51.2 Å². The van der Waals surface area contributed by atoms with Gasteiger partial charge in [0.05, 0.1) is 25.0 Å². The summed E-state index contributed by atoms with van der Waals surface area (Å²) in [6.07, 6.45) is -2.57. The van der Waals surface area contributed by atoms with Crippen LogP contribution in [-0.2, 0) is 14.2 Å². The minimum atomic E-state index is -1.68. The van der Waals surface area contributed by atoms with Crippen molar-refractivity contribution in [3.63, 3.8) is 0 Å². The van der Waals surface area contributed by atoms with Crippen LogP contribution < -0.4 is 0 Å². The molecule has 0 saturated carbocycles. The van der Waals surface area contributed by atoms with Gasteiger partial charge in [0.1, 0.15) is 35.6 Å². The van der Waals surface area contributed by atoms with E-state index >= 15 is 0 Å². The van der Waals surface area contributed by atoms with Crippen molar-refractivity contribution in [3.8, 4) is 11.3 Å². The van der Waals surface area contributed by atoms with Crippen molar-refractivity contribution in [1.82, 2.24) is 15.0 Å². The second-order valence-corrected chi connectivity index (χ2v) is 8.91. The molecular formula is C24H20F5N3O6. The molecule has 2 aliphatic rings. The first-order valence-corrected chi connectivity index (χ1v) is 11.5. The molecule has 1 spiro atoms. The van der Waals surface area contributed by atoms with E-state index in [0.29, 0.717) is 24.6 Å². The van der Waals surface area contributed by atoms with Crippen molar-refractivity contribution in [2.45, 2.75) is 43.0 Å². The summed E-state index contributed by atoms with van der Waals surface area (Å²) >= 11 is 0. The highest BCUT2D eigenvalue weighted by molar-refractivity contribution is 5.89. The van der Waals surface area contributed by atoms with Gasteiger partial charge in [0.15, 0.2) is 23.6 Å². The van der Waals surface area contributed by atoms with E-state index in [-0.39, 0.29) is 24.3 Å². The normalized spacial score (nSPS) is 27.1. The van der Waals surface area contributed by atoms with Crippen LogP contribution in [0.5, 0.6) is 0 Å². The molecule has 3 heterocycles. The SMILES string of the molecule is O=C(O[C@@H]1[C@@H](n2cc(-c3cc(F)c(F)c(F)c3)nn2)[C@@H](O)[C@@H](CO)O[C@@]12CCCO2)c1cc(F)cc(F)c1. The van der Waals surface area contributed by atoms with E-state index in [1.807, 2.05) is 0 Å². The van der Waals surface area contributed by atoms with E-state index in [0.717, 1.165) is 23.0 Å². The minimum Gasteiger partial charge on any atom is -0.451 e. The number of nitrogens with zero attached hydrogens (tertiary/aromatic N) is 3. The quantitative estimate of drug-likeness (QED) is 0.288. The van der Waals surface area contributed by atoms with E-state index in [1.54, 1.807) is 0 Å². The van der Waals surface area contributed by atoms with Crippen LogP contribution in [-0.4, -0.2) is 68.5 Å². The number of hydrogen-bond donors (Lipinski definition) is 2. The number of aliphatic hydroxyl groups is 2. The van der Waals surface area contributed by atoms with Crippen LogP contribution in [0.2, 0.25) is 0 Å². The molecule has 2 aromatic carbocycles. The zero-order valence-electron chi connectivity index (χ0n) is 19.4. The van der Waals surface area contributed by atoms with E-state index in [4.69, 9.17) is 14.2 Å². The molecule has 0 aliphatic carbocycles. The first-order valence-electron chi connectivity index (χ1n) is 11.5. The number of aliphatic hydroxyl groups excluding tert-OH is 2. The summed E-state index contributed by atoms with van der Waals surface area (Å²) in [4.78, 5) is 13.0. The third kappa shape index (κ3) is 4.64. The molecule has 2 fully saturated rings. The van der Waals surface area contributed by atoms with Gasteiger partial charge in [-0.15, -0.1) is 5.10 Å². The second kappa shape index (κ2) is 10.0. The lowest BCUT2D eigenvalue weighted by Gasteiger charge is -2.48. The zero-order chi connectivity index (χ0) is 27.2. The van der Waals surface area contributed by atoms with Crippen LogP contribution in [0.3, 0.4) is 0 Å². The summed E-state index contributed by atoms with van der Waals surface area (Å²) in [5, 5.41) is 28.6. The number of esters is 1. The molecule has 0 amide bonds. The molecule has 5 atom stereocenters. The van der Waals surface area contributed by atoms with Crippen LogP contribution >= 0.6 is 0 Å². The van der Waals surface area contributed by atoms with Crippen molar-refractivity contribution in [2.24, 2.45) is 0 Å². The molecule has 3 aromatic rings. The zero-order valence-corrected chi connectivity index (χ0v) is 19.4. The van der Waals surface area contributed by atoms with Crippen molar-refractivity contribution in [1.29, 1.82) is 0 Å². The number of carbonyl (C=O) groups excluding carboxylic acids is 1. The fourth-order valence-corrected chi connectivity index (χ4v) is 4.72. The Kier molecular flexibility index (Phi) is 6.90. The second-order valence-electron chi connectivity index (χ2n) is 8.91. The van der Waals surface area contributed by atoms with Crippen LogP contribution in [0.15, 0.2) is 36.5 Å². The Hall–Kier alpha value is -3.46. The Morgan fingerprint density at radius 2 is 1.79 bits per heavy atom. The predicted octanol–water partition coefficient (Wildman–Crippen LogP) is 2.67. The minimum absolute atomic E-state index is 0.124. The van der Waals surface area contributed by atoms with E-state index in [1.165, 1.54) is 0 Å². The fourth-order valence-electron chi connectivity index (χ4n) is 4.72. The fraction of sp³-hybridized carbons (Fsp3) is 0.375. The maximum absolute atomic E-state index is 13.8. The van der Waals surface area contributed by atoms with E-state index in [2.05, 4.69) is 10.3 Å². The maximum Gasteiger partial charge on any atom is 0.338 e. The van der Waals surface area contributed by atoms with E-state index < -0.39 is 77.4 Å². The van der Waals surface area contributed by atoms with Crippen LogP contribution in [0.25, 0.3) is 11.3 Å². The molecule has 14 heteroatoms. The monoisotopic (exact) mass is 541 g/mol. The third-order valence-corrected chi connectivity index (χ3v) is 6.45. The molecule has 1 aromatic heterocycles. The van der Waals surface area contributed by atoms with Crippen LogP contribution in [0, 0.1) is 29.1 Å². The lowest BCUT2D eigenvalue weighted by atomic mass is 9.88. The summed E-state index contributed by atoms with van der Waals surface area (Å²) in [5.41, 5.74) is -0.770. The van der Waals surface area contributed by atoms with Gasteiger partial charge in [-0.3, -0.25) is 0 Å². The Morgan fingerprint density at radius 1 is 1.11 bits per heavy atom. The number of benzene rings is 2. The molecule has 38 heavy (non-hydrogen) atoms. The smallest absolute Gasteiger partial charge is 0.338 e. The van der Waals surface area contributed by atoms with Gasteiger partial charge in [0.2, 0.25) is 5.79 Å². The van der Waals surface area contributed by atoms with Gasteiger partial charge in [-0.25, -0.2) is 31.4 Å². The number of carbonyl (C=O) groups is 1. The van der Waals surface area contributed by atoms with Gasteiger partial charge >= 0.3 is 5.97 Å². The van der Waals surface area contributed by atoms with Gasteiger partial charge in [0.25, 0.3) is 0 Å². The summed E-state index contributed by atoms with van der Waals surface area (Å²) in [6.45, 7) is -0.505. The highest BCUT2D eigenvalue weighted by Crippen LogP contribution is 2.45. The topological polar surface area (TPSA) is 116 Å². The largest absolute Gasteiger partial charge is 0.451 e. The number of aromatic nitrogens is 3. The molecule has 0 unspecified atom stereocenters.